The Kier molecular flexibility index (Phi) is 8.33. The van der Waals surface area contributed by atoms with Gasteiger partial charge in [0.05, 0.1) is 32.0 Å². The topological polar surface area (TPSA) is 179 Å². The van der Waals surface area contributed by atoms with E-state index >= 15 is 0 Å². The van der Waals surface area contributed by atoms with E-state index in [1.165, 1.54) is 0 Å². The lowest BCUT2D eigenvalue weighted by molar-refractivity contribution is -0.308. The molecule has 3 aliphatic rings. The van der Waals surface area contributed by atoms with Crippen LogP contribution in [0.1, 0.15) is 33.1 Å². The quantitative estimate of drug-likeness (QED) is 0.193. The monoisotopic (exact) mass is 464 g/mol. The van der Waals surface area contributed by atoms with Crippen LogP contribution in [0.5, 0.6) is 0 Å². The van der Waals surface area contributed by atoms with Crippen LogP contribution in [0, 0.1) is 5.92 Å². The van der Waals surface area contributed by atoms with Crippen LogP contribution in [-0.2, 0) is 18.9 Å². The first-order valence-corrected chi connectivity index (χ1v) is 10.9. The SMILES string of the molecule is CC(C)(O)C1CC=C(COC2OC(COC3OCC(O)(CO)C3O)C(O)C(O)C2O)CC1. The largest absolute Gasteiger partial charge is 0.393 e. The number of hydrogen-bond donors (Lipinski definition) is 7. The highest BCUT2D eigenvalue weighted by molar-refractivity contribution is 5.09. The average molecular weight is 465 g/mol. The van der Waals surface area contributed by atoms with Crippen LogP contribution in [0.25, 0.3) is 0 Å². The summed E-state index contributed by atoms with van der Waals surface area (Å²) in [6, 6.07) is 0. The van der Waals surface area contributed by atoms with Crippen LogP contribution in [0.15, 0.2) is 11.6 Å². The van der Waals surface area contributed by atoms with Crippen LogP contribution in [-0.4, -0.2) is 116 Å². The van der Waals surface area contributed by atoms with E-state index in [0.29, 0.717) is 6.42 Å². The van der Waals surface area contributed by atoms with Gasteiger partial charge < -0.3 is 54.7 Å². The van der Waals surface area contributed by atoms with Crippen LogP contribution < -0.4 is 0 Å². The molecule has 9 unspecified atom stereocenters. The summed E-state index contributed by atoms with van der Waals surface area (Å²) in [6.45, 7) is 2.35. The predicted octanol–water partition coefficient (Wildman–Crippen LogP) is -2.23. The molecule has 0 radical (unpaired) electrons. The van der Waals surface area contributed by atoms with E-state index in [0.717, 1.165) is 18.4 Å². The van der Waals surface area contributed by atoms with Crippen LogP contribution in [0.3, 0.4) is 0 Å². The third-order valence-corrected chi connectivity index (χ3v) is 6.61. The fourth-order valence-corrected chi connectivity index (χ4v) is 4.17. The summed E-state index contributed by atoms with van der Waals surface area (Å²) >= 11 is 0. The fraction of sp³-hybridized carbons (Fsp3) is 0.905. The van der Waals surface area contributed by atoms with Crippen molar-refractivity contribution in [1.29, 1.82) is 0 Å². The van der Waals surface area contributed by atoms with Crippen molar-refractivity contribution in [2.45, 2.75) is 87.4 Å². The highest BCUT2D eigenvalue weighted by Gasteiger charge is 2.50. The molecule has 9 atom stereocenters. The number of hydrogen-bond acceptors (Lipinski definition) is 11. The van der Waals surface area contributed by atoms with Crippen LogP contribution in [0.4, 0.5) is 0 Å². The maximum absolute atomic E-state index is 10.2. The van der Waals surface area contributed by atoms with Crippen LogP contribution in [0.2, 0.25) is 0 Å². The van der Waals surface area contributed by atoms with Gasteiger partial charge in [-0.2, -0.15) is 0 Å². The molecule has 1 aliphatic carbocycles. The molecule has 0 bridgehead atoms. The molecular weight excluding hydrogens is 428 g/mol. The Morgan fingerprint density at radius 2 is 1.81 bits per heavy atom. The molecule has 2 fully saturated rings. The third kappa shape index (κ3) is 5.68. The van der Waals surface area contributed by atoms with Crippen molar-refractivity contribution < 1.29 is 54.7 Å². The molecule has 2 heterocycles. The molecule has 7 N–H and O–H groups in total. The Morgan fingerprint density at radius 1 is 1.09 bits per heavy atom. The number of ether oxygens (including phenoxy) is 4. The minimum atomic E-state index is -1.85. The summed E-state index contributed by atoms with van der Waals surface area (Å²) in [4.78, 5) is 0. The molecule has 2 aliphatic heterocycles. The summed E-state index contributed by atoms with van der Waals surface area (Å²) in [7, 11) is 0. The minimum Gasteiger partial charge on any atom is -0.393 e. The fourth-order valence-electron chi connectivity index (χ4n) is 4.17. The molecule has 11 heteroatoms. The van der Waals surface area contributed by atoms with E-state index in [9.17, 15) is 35.7 Å². The van der Waals surface area contributed by atoms with E-state index in [4.69, 9.17) is 18.9 Å². The third-order valence-electron chi connectivity index (χ3n) is 6.61. The Balaban J connectivity index is 1.52. The maximum Gasteiger partial charge on any atom is 0.187 e. The zero-order valence-corrected chi connectivity index (χ0v) is 18.4. The molecule has 3 rings (SSSR count). The molecule has 32 heavy (non-hydrogen) atoms. The first kappa shape index (κ1) is 25.9. The summed E-state index contributed by atoms with van der Waals surface area (Å²) in [5, 5.41) is 70.1. The normalized spacial score (nSPS) is 43.3. The van der Waals surface area contributed by atoms with Crippen molar-refractivity contribution in [3.63, 3.8) is 0 Å². The average Bonchev–Trinajstić information content (AvgIpc) is 3.05. The van der Waals surface area contributed by atoms with Crippen molar-refractivity contribution in [2.75, 3.05) is 26.4 Å². The summed E-state index contributed by atoms with van der Waals surface area (Å²) < 4.78 is 21.8. The van der Waals surface area contributed by atoms with Gasteiger partial charge in [-0.3, -0.25) is 0 Å². The highest BCUT2D eigenvalue weighted by atomic mass is 16.7. The van der Waals surface area contributed by atoms with E-state index in [-0.39, 0.29) is 25.7 Å². The lowest BCUT2D eigenvalue weighted by Gasteiger charge is -2.40. The smallest absolute Gasteiger partial charge is 0.187 e. The van der Waals surface area contributed by atoms with Crippen molar-refractivity contribution in [2.24, 2.45) is 5.92 Å². The van der Waals surface area contributed by atoms with Gasteiger partial charge in [0.25, 0.3) is 0 Å². The van der Waals surface area contributed by atoms with E-state index < -0.39 is 60.9 Å². The van der Waals surface area contributed by atoms with Gasteiger partial charge in [-0.05, 0) is 44.6 Å². The second kappa shape index (κ2) is 10.3. The van der Waals surface area contributed by atoms with Gasteiger partial charge in [0.1, 0.15) is 36.1 Å². The van der Waals surface area contributed by atoms with Crippen molar-refractivity contribution in [1.82, 2.24) is 0 Å². The van der Waals surface area contributed by atoms with Crippen molar-refractivity contribution in [3.05, 3.63) is 11.6 Å². The summed E-state index contributed by atoms with van der Waals surface area (Å²) in [6.07, 6.45) is -5.39. The minimum absolute atomic E-state index is 0.151. The number of aliphatic hydroxyl groups excluding tert-OH is 5. The van der Waals surface area contributed by atoms with E-state index in [2.05, 4.69) is 0 Å². The molecule has 0 aromatic carbocycles. The van der Waals surface area contributed by atoms with Gasteiger partial charge in [0.2, 0.25) is 0 Å². The van der Waals surface area contributed by atoms with Gasteiger partial charge >= 0.3 is 0 Å². The zero-order chi connectivity index (χ0) is 23.7. The van der Waals surface area contributed by atoms with E-state index in [1.807, 2.05) is 6.08 Å². The lowest BCUT2D eigenvalue weighted by atomic mass is 9.80. The standard InChI is InChI=1S/C21H36O11/c1-20(2,27)12-5-3-11(4-6-12)7-29-18-16(25)15(24)14(23)13(32-18)8-30-19-17(26)21(28,9-22)10-31-19/h3,12-19,22-28H,4-10H2,1-2H3. The summed E-state index contributed by atoms with van der Waals surface area (Å²) in [5.41, 5.74) is -1.63. The molecule has 0 aromatic rings. The Labute approximate surface area is 186 Å². The second-order valence-corrected chi connectivity index (χ2v) is 9.53. The first-order valence-electron chi connectivity index (χ1n) is 10.9. The molecular formula is C21H36O11. The maximum atomic E-state index is 10.2. The molecule has 0 spiro atoms. The second-order valence-electron chi connectivity index (χ2n) is 9.53. The van der Waals surface area contributed by atoms with Gasteiger partial charge in [-0.15, -0.1) is 0 Å². The Hall–Kier alpha value is -0.700. The molecule has 11 nitrogen and oxygen atoms in total. The first-order chi connectivity index (χ1) is 15.0. The van der Waals surface area contributed by atoms with Gasteiger partial charge in [0, 0.05) is 0 Å². The highest BCUT2D eigenvalue weighted by Crippen LogP contribution is 2.32. The Morgan fingerprint density at radius 3 is 2.38 bits per heavy atom. The van der Waals surface area contributed by atoms with Crippen molar-refractivity contribution in [3.8, 4) is 0 Å². The Bertz CT molecular complexity index is 650. The zero-order valence-electron chi connectivity index (χ0n) is 18.4. The van der Waals surface area contributed by atoms with Gasteiger partial charge in [0.15, 0.2) is 12.6 Å². The van der Waals surface area contributed by atoms with E-state index in [1.54, 1.807) is 13.8 Å². The lowest BCUT2D eigenvalue weighted by Crippen LogP contribution is -2.59. The van der Waals surface area contributed by atoms with Crippen LogP contribution >= 0.6 is 0 Å². The number of rotatable bonds is 8. The van der Waals surface area contributed by atoms with Crippen molar-refractivity contribution >= 4 is 0 Å². The predicted molar refractivity (Wildman–Crippen MR) is 108 cm³/mol. The molecule has 2 saturated heterocycles. The number of allylic oxidation sites excluding steroid dienone is 1. The number of aliphatic hydroxyl groups is 7. The summed E-state index contributed by atoms with van der Waals surface area (Å²) in [5.74, 6) is 0.151. The molecule has 0 amide bonds. The molecule has 0 aromatic heterocycles. The molecule has 186 valence electrons. The van der Waals surface area contributed by atoms with Gasteiger partial charge in [-0.25, -0.2) is 0 Å². The van der Waals surface area contributed by atoms with Gasteiger partial charge in [-0.1, -0.05) is 6.08 Å². The molecule has 0 saturated carbocycles.